The molecule has 0 fully saturated rings. The van der Waals surface area contributed by atoms with Crippen LogP contribution in [-0.4, -0.2) is 49.7 Å². The Labute approximate surface area is 179 Å². The summed E-state index contributed by atoms with van der Waals surface area (Å²) < 4.78 is 18.2. The van der Waals surface area contributed by atoms with Crippen LogP contribution in [0.2, 0.25) is 0 Å². The molecule has 166 valence electrons. The number of hydrogen-bond acceptors (Lipinski definition) is 5. The molecule has 2 N–H and O–H groups in total. The van der Waals surface area contributed by atoms with Crippen LogP contribution in [0.1, 0.15) is 36.4 Å². The average molecular weight is 418 g/mol. The topological polar surface area (TPSA) is 81.9 Å². The highest BCUT2D eigenvalue weighted by Crippen LogP contribution is 2.38. The number of aliphatic imine (C=N–C) groups is 1. The van der Waals surface area contributed by atoms with Gasteiger partial charge in [-0.15, -0.1) is 0 Å². The molecule has 8 heteroatoms. The van der Waals surface area contributed by atoms with E-state index in [4.69, 9.17) is 19.2 Å². The number of nitrogens with one attached hydrogen (secondary N) is 2. The largest absolute Gasteiger partial charge is 0.493 e. The van der Waals surface area contributed by atoms with Crippen LogP contribution < -0.4 is 24.8 Å². The summed E-state index contributed by atoms with van der Waals surface area (Å²) in [5.74, 6) is 2.58. The predicted molar refractivity (Wildman–Crippen MR) is 120 cm³/mol. The number of ether oxygens (including phenoxy) is 3. The maximum Gasteiger partial charge on any atom is 0.203 e. The van der Waals surface area contributed by atoms with Gasteiger partial charge in [-0.1, -0.05) is 0 Å². The van der Waals surface area contributed by atoms with Crippen molar-refractivity contribution >= 4 is 5.96 Å². The van der Waals surface area contributed by atoms with E-state index in [0.29, 0.717) is 23.8 Å². The summed E-state index contributed by atoms with van der Waals surface area (Å²) in [5.41, 5.74) is 4.51. The predicted octanol–water partition coefficient (Wildman–Crippen LogP) is 2.75. The highest BCUT2D eigenvalue weighted by atomic mass is 16.5. The van der Waals surface area contributed by atoms with Gasteiger partial charge in [-0.25, -0.2) is 4.99 Å². The first-order valence-electron chi connectivity index (χ1n) is 10.2. The summed E-state index contributed by atoms with van der Waals surface area (Å²) in [4.78, 5) is 4.74. The molecule has 1 unspecified atom stereocenters. The van der Waals surface area contributed by atoms with Gasteiger partial charge in [0.05, 0.1) is 33.6 Å². The molecular weight excluding hydrogens is 382 g/mol. The monoisotopic (exact) mass is 417 g/mol. The zero-order chi connectivity index (χ0) is 22.3. The first kappa shape index (κ1) is 23.4. The summed E-state index contributed by atoms with van der Waals surface area (Å²) in [5, 5.41) is 11.3. The molecule has 2 aromatic rings. The number of nitrogens with zero attached hydrogens (tertiary/aromatic N) is 3. The van der Waals surface area contributed by atoms with Gasteiger partial charge in [-0.05, 0) is 57.4 Å². The van der Waals surface area contributed by atoms with Gasteiger partial charge >= 0.3 is 0 Å². The standard InChI is InChI=1S/C22H35N5O3/c1-9-23-22(25-14(2)10-18-15(3)26-27(5)16(18)4)24-13-17-11-19(28-6)21(30-8)20(12-17)29-7/h11-12,14H,9-10,13H2,1-8H3,(H2,23,24,25). The Kier molecular flexibility index (Phi) is 8.38. The van der Waals surface area contributed by atoms with Gasteiger partial charge in [0.15, 0.2) is 17.5 Å². The molecule has 0 aliphatic carbocycles. The summed E-state index contributed by atoms with van der Waals surface area (Å²) in [6, 6.07) is 4.03. The van der Waals surface area contributed by atoms with E-state index in [9.17, 15) is 0 Å². The maximum absolute atomic E-state index is 5.44. The number of methoxy groups -OCH3 is 3. The van der Waals surface area contributed by atoms with Crippen molar-refractivity contribution in [3.63, 3.8) is 0 Å². The lowest BCUT2D eigenvalue weighted by Gasteiger charge is -2.18. The van der Waals surface area contributed by atoms with Crippen molar-refractivity contribution in [1.29, 1.82) is 0 Å². The molecule has 2 rings (SSSR count). The molecule has 0 radical (unpaired) electrons. The van der Waals surface area contributed by atoms with Crippen molar-refractivity contribution < 1.29 is 14.2 Å². The second-order valence-electron chi connectivity index (χ2n) is 7.25. The van der Waals surface area contributed by atoms with Crippen molar-refractivity contribution in [3.8, 4) is 17.2 Å². The summed E-state index contributed by atoms with van der Waals surface area (Å²) in [6.45, 7) is 9.61. The van der Waals surface area contributed by atoms with E-state index < -0.39 is 0 Å². The number of aromatic nitrogens is 2. The lowest BCUT2D eigenvalue weighted by Crippen LogP contribution is -2.43. The SMILES string of the molecule is CCNC(=NCc1cc(OC)c(OC)c(OC)c1)NC(C)Cc1c(C)nn(C)c1C. The van der Waals surface area contributed by atoms with Crippen LogP contribution in [0, 0.1) is 13.8 Å². The van der Waals surface area contributed by atoms with Crippen molar-refractivity contribution in [3.05, 3.63) is 34.6 Å². The second kappa shape index (κ2) is 10.8. The number of rotatable bonds is 9. The Morgan fingerprint density at radius 2 is 1.77 bits per heavy atom. The van der Waals surface area contributed by atoms with Gasteiger partial charge in [0.1, 0.15) is 0 Å². The molecule has 0 saturated heterocycles. The first-order chi connectivity index (χ1) is 14.3. The maximum atomic E-state index is 5.44. The van der Waals surface area contributed by atoms with Crippen molar-refractivity contribution in [2.45, 2.75) is 46.7 Å². The van der Waals surface area contributed by atoms with Crippen LogP contribution in [-0.2, 0) is 20.0 Å². The number of benzene rings is 1. The second-order valence-corrected chi connectivity index (χ2v) is 7.25. The van der Waals surface area contributed by atoms with E-state index in [1.54, 1.807) is 21.3 Å². The Hall–Kier alpha value is -2.90. The quantitative estimate of drug-likeness (QED) is 0.482. The molecule has 0 amide bonds. The normalized spacial score (nSPS) is 12.5. The highest BCUT2D eigenvalue weighted by molar-refractivity contribution is 5.80. The fourth-order valence-corrected chi connectivity index (χ4v) is 3.42. The summed E-state index contributed by atoms with van der Waals surface area (Å²) >= 11 is 0. The van der Waals surface area contributed by atoms with Crippen molar-refractivity contribution in [2.24, 2.45) is 12.0 Å². The van der Waals surface area contributed by atoms with Crippen molar-refractivity contribution in [2.75, 3.05) is 27.9 Å². The van der Waals surface area contributed by atoms with Gasteiger partial charge < -0.3 is 24.8 Å². The zero-order valence-electron chi connectivity index (χ0n) is 19.4. The molecule has 1 atom stereocenters. The highest BCUT2D eigenvalue weighted by Gasteiger charge is 2.15. The van der Waals surface area contributed by atoms with Crippen LogP contribution >= 0.6 is 0 Å². The molecule has 8 nitrogen and oxygen atoms in total. The molecule has 30 heavy (non-hydrogen) atoms. The van der Waals surface area contributed by atoms with Gasteiger partial charge in [-0.3, -0.25) is 4.68 Å². The van der Waals surface area contributed by atoms with E-state index in [2.05, 4.69) is 43.4 Å². The Morgan fingerprint density at radius 3 is 2.23 bits per heavy atom. The van der Waals surface area contributed by atoms with Gasteiger partial charge in [0.2, 0.25) is 5.75 Å². The third kappa shape index (κ3) is 5.58. The number of hydrogen-bond donors (Lipinski definition) is 2. The average Bonchev–Trinajstić information content (AvgIpc) is 2.97. The fraction of sp³-hybridized carbons (Fsp3) is 0.545. The van der Waals surface area contributed by atoms with Gasteiger partial charge in [0.25, 0.3) is 0 Å². The van der Waals surface area contributed by atoms with Crippen LogP contribution in [0.3, 0.4) is 0 Å². The van der Waals surface area contributed by atoms with Gasteiger partial charge in [0, 0.05) is 25.3 Å². The van der Waals surface area contributed by atoms with E-state index in [0.717, 1.165) is 30.2 Å². The van der Waals surface area contributed by atoms with Crippen LogP contribution in [0.4, 0.5) is 0 Å². The smallest absolute Gasteiger partial charge is 0.203 e. The summed E-state index contributed by atoms with van der Waals surface area (Å²) in [6.07, 6.45) is 0.875. The molecule has 0 aliphatic rings. The molecule has 0 aliphatic heterocycles. The molecular formula is C22H35N5O3. The Bertz CT molecular complexity index is 851. The molecule has 0 spiro atoms. The third-order valence-corrected chi connectivity index (χ3v) is 5.04. The van der Waals surface area contributed by atoms with Crippen LogP contribution in [0.25, 0.3) is 0 Å². The lowest BCUT2D eigenvalue weighted by atomic mass is 10.1. The van der Waals surface area contributed by atoms with Crippen LogP contribution in [0.5, 0.6) is 17.2 Å². The zero-order valence-corrected chi connectivity index (χ0v) is 19.4. The molecule has 0 bridgehead atoms. The minimum Gasteiger partial charge on any atom is -0.493 e. The van der Waals surface area contributed by atoms with E-state index in [1.807, 2.05) is 23.9 Å². The van der Waals surface area contributed by atoms with Crippen molar-refractivity contribution in [1.82, 2.24) is 20.4 Å². The summed E-state index contributed by atoms with van der Waals surface area (Å²) in [7, 11) is 6.80. The van der Waals surface area contributed by atoms with Gasteiger partial charge in [-0.2, -0.15) is 5.10 Å². The molecule has 1 heterocycles. The van der Waals surface area contributed by atoms with E-state index in [-0.39, 0.29) is 6.04 Å². The number of aryl methyl sites for hydroxylation is 2. The lowest BCUT2D eigenvalue weighted by molar-refractivity contribution is 0.324. The molecule has 0 saturated carbocycles. The fourth-order valence-electron chi connectivity index (χ4n) is 3.42. The van der Waals surface area contributed by atoms with E-state index in [1.165, 1.54) is 11.3 Å². The molecule has 1 aromatic carbocycles. The Balaban J connectivity index is 2.15. The van der Waals surface area contributed by atoms with Crippen LogP contribution in [0.15, 0.2) is 17.1 Å². The Morgan fingerprint density at radius 1 is 1.13 bits per heavy atom. The minimum absolute atomic E-state index is 0.198. The first-order valence-corrected chi connectivity index (χ1v) is 10.2. The van der Waals surface area contributed by atoms with E-state index >= 15 is 0 Å². The number of guanidine groups is 1. The third-order valence-electron chi connectivity index (χ3n) is 5.04. The molecule has 1 aromatic heterocycles. The minimum atomic E-state index is 0.198.